The molecule has 5 heteroatoms. The Kier molecular flexibility index (Phi) is 5.17. The number of rotatable bonds is 5. The zero-order valence-electron chi connectivity index (χ0n) is 16.0. The lowest BCUT2D eigenvalue weighted by Crippen LogP contribution is -2.27. The molecule has 2 N–H and O–H groups in total. The molecule has 1 aromatic heterocycles. The SMILES string of the molecule is CCn1c2ccccc2c2cc(NC(=S)NCc3ccc(OC)cc3)ccc21. The number of benzene rings is 3. The molecule has 3 aromatic carbocycles. The molecule has 0 aliphatic rings. The van der Waals surface area contributed by atoms with E-state index in [-0.39, 0.29) is 0 Å². The summed E-state index contributed by atoms with van der Waals surface area (Å²) in [6.07, 6.45) is 0. The van der Waals surface area contributed by atoms with E-state index in [4.69, 9.17) is 17.0 Å². The largest absolute Gasteiger partial charge is 0.497 e. The molecule has 0 amide bonds. The number of fused-ring (bicyclic) bond motifs is 3. The first-order valence-electron chi connectivity index (χ1n) is 9.38. The van der Waals surface area contributed by atoms with Crippen LogP contribution in [-0.4, -0.2) is 16.8 Å². The number of aryl methyl sites for hydroxylation is 1. The first kappa shape index (κ1) is 18.3. The van der Waals surface area contributed by atoms with Gasteiger partial charge in [0.2, 0.25) is 0 Å². The number of hydrogen-bond acceptors (Lipinski definition) is 2. The fraction of sp³-hybridized carbons (Fsp3) is 0.174. The van der Waals surface area contributed by atoms with Gasteiger partial charge >= 0.3 is 0 Å². The van der Waals surface area contributed by atoms with Gasteiger partial charge < -0.3 is 19.9 Å². The van der Waals surface area contributed by atoms with Crippen molar-refractivity contribution in [3.8, 4) is 5.75 Å². The van der Waals surface area contributed by atoms with Crippen LogP contribution in [0.25, 0.3) is 21.8 Å². The molecule has 28 heavy (non-hydrogen) atoms. The van der Waals surface area contributed by atoms with Crippen molar-refractivity contribution in [3.05, 3.63) is 72.3 Å². The van der Waals surface area contributed by atoms with Crippen LogP contribution in [0.1, 0.15) is 12.5 Å². The fourth-order valence-corrected chi connectivity index (χ4v) is 3.76. The van der Waals surface area contributed by atoms with Gasteiger partial charge in [-0.05, 0) is 61.1 Å². The third-order valence-electron chi connectivity index (χ3n) is 4.96. The molecule has 0 aliphatic carbocycles. The lowest BCUT2D eigenvalue weighted by atomic mass is 10.1. The summed E-state index contributed by atoms with van der Waals surface area (Å²) in [6.45, 7) is 3.78. The molecule has 1 heterocycles. The van der Waals surface area contributed by atoms with Crippen LogP contribution in [0.15, 0.2) is 66.7 Å². The molecule has 4 nitrogen and oxygen atoms in total. The molecule has 0 saturated heterocycles. The molecule has 0 radical (unpaired) electrons. The van der Waals surface area contributed by atoms with Crippen molar-refractivity contribution in [1.29, 1.82) is 0 Å². The summed E-state index contributed by atoms with van der Waals surface area (Å²) in [7, 11) is 1.67. The van der Waals surface area contributed by atoms with Gasteiger partial charge in [-0.15, -0.1) is 0 Å². The maximum atomic E-state index is 5.48. The van der Waals surface area contributed by atoms with E-state index in [0.717, 1.165) is 23.5 Å². The molecule has 4 aromatic rings. The normalized spacial score (nSPS) is 10.9. The Morgan fingerprint density at radius 2 is 1.71 bits per heavy atom. The molecule has 0 fully saturated rings. The molecule has 0 spiro atoms. The van der Waals surface area contributed by atoms with E-state index in [0.29, 0.717) is 11.7 Å². The van der Waals surface area contributed by atoms with Gasteiger partial charge in [0.25, 0.3) is 0 Å². The molecule has 4 rings (SSSR count). The van der Waals surface area contributed by atoms with Crippen LogP contribution < -0.4 is 15.4 Å². The maximum Gasteiger partial charge on any atom is 0.171 e. The van der Waals surface area contributed by atoms with Gasteiger partial charge in [-0.1, -0.05) is 30.3 Å². The predicted octanol–water partition coefficient (Wildman–Crippen LogP) is 5.31. The van der Waals surface area contributed by atoms with Gasteiger partial charge in [-0.2, -0.15) is 0 Å². The van der Waals surface area contributed by atoms with Crippen molar-refractivity contribution in [2.45, 2.75) is 20.0 Å². The topological polar surface area (TPSA) is 38.2 Å². The second kappa shape index (κ2) is 7.90. The quantitative estimate of drug-likeness (QED) is 0.454. The van der Waals surface area contributed by atoms with Gasteiger partial charge in [0.05, 0.1) is 7.11 Å². The third kappa shape index (κ3) is 3.53. The smallest absolute Gasteiger partial charge is 0.171 e. The van der Waals surface area contributed by atoms with Gasteiger partial charge in [0, 0.05) is 40.6 Å². The molecule has 0 saturated carbocycles. The van der Waals surface area contributed by atoms with Crippen LogP contribution in [0.3, 0.4) is 0 Å². The van der Waals surface area contributed by atoms with Crippen molar-refractivity contribution < 1.29 is 4.74 Å². The highest BCUT2D eigenvalue weighted by molar-refractivity contribution is 7.80. The van der Waals surface area contributed by atoms with Crippen molar-refractivity contribution in [3.63, 3.8) is 0 Å². The second-order valence-corrected chi connectivity index (χ2v) is 7.06. The summed E-state index contributed by atoms with van der Waals surface area (Å²) in [5.74, 6) is 0.851. The standard InChI is InChI=1S/C23H23N3OS/c1-3-26-21-7-5-4-6-19(21)20-14-17(10-13-22(20)26)25-23(28)24-15-16-8-11-18(27-2)12-9-16/h4-14H,3,15H2,1-2H3,(H2,24,25,28). The molecule has 0 bridgehead atoms. The zero-order valence-corrected chi connectivity index (χ0v) is 16.8. The van der Waals surface area contributed by atoms with Crippen molar-refractivity contribution >= 4 is 44.8 Å². The van der Waals surface area contributed by atoms with E-state index in [2.05, 4.69) is 64.6 Å². The van der Waals surface area contributed by atoms with Gasteiger partial charge in [-0.25, -0.2) is 0 Å². The van der Waals surface area contributed by atoms with Crippen LogP contribution in [0.2, 0.25) is 0 Å². The van der Waals surface area contributed by atoms with E-state index < -0.39 is 0 Å². The number of nitrogens with one attached hydrogen (secondary N) is 2. The van der Waals surface area contributed by atoms with Crippen LogP contribution in [0, 0.1) is 0 Å². The number of hydrogen-bond donors (Lipinski definition) is 2. The first-order chi connectivity index (χ1) is 13.7. The number of aromatic nitrogens is 1. The van der Waals surface area contributed by atoms with E-state index in [9.17, 15) is 0 Å². The molecular formula is C23H23N3OS. The number of thiocarbonyl (C=S) groups is 1. The van der Waals surface area contributed by atoms with Gasteiger partial charge in [0.1, 0.15) is 5.75 Å². The highest BCUT2D eigenvalue weighted by atomic mass is 32.1. The monoisotopic (exact) mass is 389 g/mol. The maximum absolute atomic E-state index is 5.48. The summed E-state index contributed by atoms with van der Waals surface area (Å²) >= 11 is 5.48. The number of methoxy groups -OCH3 is 1. The van der Waals surface area contributed by atoms with Crippen molar-refractivity contribution in [1.82, 2.24) is 9.88 Å². The molecular weight excluding hydrogens is 366 g/mol. The number of para-hydroxylation sites is 1. The molecule has 142 valence electrons. The summed E-state index contributed by atoms with van der Waals surface area (Å²) in [4.78, 5) is 0. The van der Waals surface area contributed by atoms with E-state index in [1.165, 1.54) is 21.8 Å². The Hall–Kier alpha value is -3.05. The molecule has 0 unspecified atom stereocenters. The Labute approximate surface area is 170 Å². The lowest BCUT2D eigenvalue weighted by molar-refractivity contribution is 0.414. The lowest BCUT2D eigenvalue weighted by Gasteiger charge is -2.11. The zero-order chi connectivity index (χ0) is 19.5. The van der Waals surface area contributed by atoms with Gasteiger partial charge in [-0.3, -0.25) is 0 Å². The minimum Gasteiger partial charge on any atom is -0.497 e. The predicted molar refractivity (Wildman–Crippen MR) is 121 cm³/mol. The van der Waals surface area contributed by atoms with Crippen molar-refractivity contribution in [2.75, 3.05) is 12.4 Å². The minimum absolute atomic E-state index is 0.606. The summed E-state index contributed by atoms with van der Waals surface area (Å²) in [6, 6.07) is 22.9. The second-order valence-electron chi connectivity index (χ2n) is 6.65. The van der Waals surface area contributed by atoms with Crippen LogP contribution in [0.5, 0.6) is 5.75 Å². The van der Waals surface area contributed by atoms with Gasteiger partial charge in [0.15, 0.2) is 5.11 Å². The highest BCUT2D eigenvalue weighted by Gasteiger charge is 2.10. The Balaban J connectivity index is 1.51. The number of anilines is 1. The Morgan fingerprint density at radius 3 is 2.46 bits per heavy atom. The van der Waals surface area contributed by atoms with Crippen LogP contribution in [-0.2, 0) is 13.1 Å². The van der Waals surface area contributed by atoms with Crippen molar-refractivity contribution in [2.24, 2.45) is 0 Å². The average molecular weight is 390 g/mol. The number of nitrogens with zero attached hydrogens (tertiary/aromatic N) is 1. The summed E-state index contributed by atoms with van der Waals surface area (Å²) in [5.41, 5.74) is 4.63. The first-order valence-corrected chi connectivity index (χ1v) is 9.79. The minimum atomic E-state index is 0.606. The summed E-state index contributed by atoms with van der Waals surface area (Å²) < 4.78 is 7.53. The number of ether oxygens (including phenoxy) is 1. The average Bonchev–Trinajstić information content (AvgIpc) is 3.05. The molecule has 0 aliphatic heterocycles. The van der Waals surface area contributed by atoms with Crippen LogP contribution in [0.4, 0.5) is 5.69 Å². The highest BCUT2D eigenvalue weighted by Crippen LogP contribution is 2.30. The van der Waals surface area contributed by atoms with E-state index in [1.807, 2.05) is 24.3 Å². The Morgan fingerprint density at radius 1 is 0.964 bits per heavy atom. The molecule has 0 atom stereocenters. The Bertz CT molecular complexity index is 1130. The summed E-state index contributed by atoms with van der Waals surface area (Å²) in [5, 5.41) is 9.67. The third-order valence-corrected chi connectivity index (χ3v) is 5.20. The fourth-order valence-electron chi connectivity index (χ4n) is 3.57. The van der Waals surface area contributed by atoms with E-state index >= 15 is 0 Å². The van der Waals surface area contributed by atoms with Crippen LogP contribution >= 0.6 is 12.2 Å². The van der Waals surface area contributed by atoms with E-state index in [1.54, 1.807) is 7.11 Å².